The Kier molecular flexibility index (Phi) is 4.77. The first-order valence-electron chi connectivity index (χ1n) is 8.60. The number of hydrogen-bond acceptors (Lipinski definition) is 5. The van der Waals surface area contributed by atoms with Gasteiger partial charge in [0.2, 0.25) is 6.79 Å². The molecular weight excluding hydrogens is 370 g/mol. The Balaban J connectivity index is 1.34. The Bertz CT molecular complexity index is 881. The maximum atomic E-state index is 12.5. The number of rotatable bonds is 2. The lowest BCUT2D eigenvalue weighted by molar-refractivity contribution is -0.143. The van der Waals surface area contributed by atoms with Gasteiger partial charge in [-0.2, -0.15) is 0 Å². The molecular formula is C19H18ClN3O4. The van der Waals surface area contributed by atoms with Crippen LogP contribution in [-0.4, -0.2) is 49.7 Å². The number of hydrogen-bond donors (Lipinski definition) is 1. The highest BCUT2D eigenvalue weighted by Crippen LogP contribution is 2.34. The molecule has 0 aromatic heterocycles. The third-order valence-corrected chi connectivity index (χ3v) is 4.80. The lowest BCUT2D eigenvalue weighted by Gasteiger charge is -2.35. The Morgan fingerprint density at radius 1 is 0.963 bits per heavy atom. The molecule has 27 heavy (non-hydrogen) atoms. The van der Waals surface area contributed by atoms with E-state index in [1.807, 2.05) is 24.3 Å². The van der Waals surface area contributed by atoms with Crippen molar-refractivity contribution in [2.45, 2.75) is 0 Å². The molecule has 1 saturated heterocycles. The van der Waals surface area contributed by atoms with E-state index in [9.17, 15) is 9.59 Å². The smallest absolute Gasteiger partial charge is 0.313 e. The summed E-state index contributed by atoms with van der Waals surface area (Å²) >= 11 is 6.04. The summed E-state index contributed by atoms with van der Waals surface area (Å²) < 4.78 is 10.5. The van der Waals surface area contributed by atoms with Crippen LogP contribution in [0.4, 0.5) is 11.4 Å². The summed E-state index contributed by atoms with van der Waals surface area (Å²) in [7, 11) is 0. The van der Waals surface area contributed by atoms with E-state index in [0.29, 0.717) is 48.4 Å². The van der Waals surface area contributed by atoms with Crippen LogP contribution < -0.4 is 19.7 Å². The number of nitrogens with one attached hydrogen (secondary N) is 1. The van der Waals surface area contributed by atoms with Gasteiger partial charge in [0.15, 0.2) is 11.5 Å². The molecule has 8 heteroatoms. The molecule has 2 aromatic rings. The zero-order chi connectivity index (χ0) is 18.8. The first-order valence-corrected chi connectivity index (χ1v) is 8.98. The monoisotopic (exact) mass is 387 g/mol. The van der Waals surface area contributed by atoms with Crippen molar-refractivity contribution in [1.29, 1.82) is 0 Å². The third kappa shape index (κ3) is 3.78. The second-order valence-electron chi connectivity index (χ2n) is 6.28. The average molecular weight is 388 g/mol. The van der Waals surface area contributed by atoms with Gasteiger partial charge in [0.1, 0.15) is 0 Å². The molecule has 2 heterocycles. The van der Waals surface area contributed by atoms with Crippen LogP contribution in [-0.2, 0) is 9.59 Å². The zero-order valence-electron chi connectivity index (χ0n) is 14.5. The number of benzene rings is 2. The summed E-state index contributed by atoms with van der Waals surface area (Å²) in [5.74, 6) is -0.0321. The van der Waals surface area contributed by atoms with Crippen molar-refractivity contribution in [3.8, 4) is 11.5 Å². The predicted molar refractivity (Wildman–Crippen MR) is 101 cm³/mol. The highest BCUT2D eigenvalue weighted by Gasteiger charge is 2.26. The molecule has 0 unspecified atom stereocenters. The van der Waals surface area contributed by atoms with Gasteiger partial charge in [-0.15, -0.1) is 0 Å². The van der Waals surface area contributed by atoms with E-state index in [4.69, 9.17) is 21.1 Å². The predicted octanol–water partition coefficient (Wildman–Crippen LogP) is 2.36. The number of carbonyl (C=O) groups is 2. The lowest BCUT2D eigenvalue weighted by atomic mass is 10.2. The maximum Gasteiger partial charge on any atom is 0.313 e. The van der Waals surface area contributed by atoms with Crippen LogP contribution in [0.2, 0.25) is 5.02 Å². The van der Waals surface area contributed by atoms with Crippen molar-refractivity contribution in [3.05, 3.63) is 47.5 Å². The number of ether oxygens (including phenoxy) is 2. The van der Waals surface area contributed by atoms with Gasteiger partial charge < -0.3 is 24.6 Å². The molecule has 4 rings (SSSR count). The van der Waals surface area contributed by atoms with Gasteiger partial charge in [-0.1, -0.05) is 17.7 Å². The van der Waals surface area contributed by atoms with Gasteiger partial charge in [-0.05, 0) is 30.3 Å². The first-order chi connectivity index (χ1) is 13.1. The Morgan fingerprint density at radius 3 is 2.52 bits per heavy atom. The summed E-state index contributed by atoms with van der Waals surface area (Å²) in [5, 5.41) is 3.30. The van der Waals surface area contributed by atoms with E-state index in [1.165, 1.54) is 0 Å². The number of amides is 2. The van der Waals surface area contributed by atoms with Gasteiger partial charge in [0.05, 0.1) is 0 Å². The minimum atomic E-state index is -0.662. The average Bonchev–Trinajstić information content (AvgIpc) is 3.15. The Morgan fingerprint density at radius 2 is 1.74 bits per heavy atom. The fourth-order valence-corrected chi connectivity index (χ4v) is 3.33. The fraction of sp³-hybridized carbons (Fsp3) is 0.263. The molecule has 0 saturated carbocycles. The van der Waals surface area contributed by atoms with Gasteiger partial charge in [0, 0.05) is 48.6 Å². The Hall–Kier alpha value is -2.93. The molecule has 0 aliphatic carbocycles. The van der Waals surface area contributed by atoms with Gasteiger partial charge >= 0.3 is 11.8 Å². The standard InChI is InChI=1S/C19H18ClN3O4/c20-13-2-1-3-15(10-13)22-6-8-23(9-7-22)19(25)18(24)21-14-4-5-16-17(11-14)27-12-26-16/h1-5,10-11H,6-9,12H2,(H,21,24). The molecule has 1 fully saturated rings. The highest BCUT2D eigenvalue weighted by atomic mass is 35.5. The number of carbonyl (C=O) groups excluding carboxylic acids is 2. The molecule has 140 valence electrons. The quantitative estimate of drug-likeness (QED) is 0.801. The van der Waals surface area contributed by atoms with Gasteiger partial charge in [-0.3, -0.25) is 9.59 Å². The minimum Gasteiger partial charge on any atom is -0.454 e. The molecule has 2 aromatic carbocycles. The normalized spacial score (nSPS) is 15.6. The van der Waals surface area contributed by atoms with Gasteiger partial charge in [0.25, 0.3) is 0 Å². The van der Waals surface area contributed by atoms with E-state index in [0.717, 1.165) is 5.69 Å². The van der Waals surface area contributed by atoms with E-state index < -0.39 is 11.8 Å². The summed E-state index contributed by atoms with van der Waals surface area (Å²) in [4.78, 5) is 28.5. The number of anilines is 2. The van der Waals surface area contributed by atoms with Crippen LogP contribution >= 0.6 is 11.6 Å². The summed E-state index contributed by atoms with van der Waals surface area (Å²) in [6.45, 7) is 2.38. The van der Waals surface area contributed by atoms with E-state index in [-0.39, 0.29) is 6.79 Å². The molecule has 7 nitrogen and oxygen atoms in total. The summed E-state index contributed by atoms with van der Waals surface area (Å²) in [6.07, 6.45) is 0. The maximum absolute atomic E-state index is 12.5. The molecule has 0 atom stereocenters. The van der Waals surface area contributed by atoms with Crippen LogP contribution in [0.3, 0.4) is 0 Å². The van der Waals surface area contributed by atoms with Crippen LogP contribution in [0.25, 0.3) is 0 Å². The SMILES string of the molecule is O=C(Nc1ccc2c(c1)OCO2)C(=O)N1CCN(c2cccc(Cl)c2)CC1. The lowest BCUT2D eigenvalue weighted by Crippen LogP contribution is -2.51. The molecule has 0 bridgehead atoms. The van der Waals surface area contributed by atoms with Crippen LogP contribution in [0.1, 0.15) is 0 Å². The van der Waals surface area contributed by atoms with Crippen molar-refractivity contribution >= 4 is 34.8 Å². The van der Waals surface area contributed by atoms with Crippen molar-refractivity contribution in [2.24, 2.45) is 0 Å². The minimum absolute atomic E-state index is 0.155. The van der Waals surface area contributed by atoms with Gasteiger partial charge in [-0.25, -0.2) is 0 Å². The summed E-state index contributed by atoms with van der Waals surface area (Å²) in [5.41, 5.74) is 1.51. The zero-order valence-corrected chi connectivity index (χ0v) is 15.2. The molecule has 2 aliphatic rings. The molecule has 0 spiro atoms. The number of fused-ring (bicyclic) bond motifs is 1. The van der Waals surface area contributed by atoms with E-state index in [1.54, 1.807) is 23.1 Å². The number of piperazine rings is 1. The second-order valence-corrected chi connectivity index (χ2v) is 6.72. The highest BCUT2D eigenvalue weighted by molar-refractivity contribution is 6.39. The third-order valence-electron chi connectivity index (χ3n) is 4.56. The van der Waals surface area contributed by atoms with Crippen molar-refractivity contribution < 1.29 is 19.1 Å². The van der Waals surface area contributed by atoms with E-state index in [2.05, 4.69) is 10.2 Å². The van der Waals surface area contributed by atoms with Crippen molar-refractivity contribution in [3.63, 3.8) is 0 Å². The number of nitrogens with zero attached hydrogens (tertiary/aromatic N) is 2. The number of halogens is 1. The second kappa shape index (κ2) is 7.36. The van der Waals surface area contributed by atoms with Crippen molar-refractivity contribution in [1.82, 2.24) is 4.90 Å². The molecule has 2 aliphatic heterocycles. The van der Waals surface area contributed by atoms with Crippen LogP contribution in [0, 0.1) is 0 Å². The van der Waals surface area contributed by atoms with Crippen LogP contribution in [0.5, 0.6) is 11.5 Å². The van der Waals surface area contributed by atoms with Crippen molar-refractivity contribution in [2.75, 3.05) is 43.2 Å². The first kappa shape index (κ1) is 17.5. The summed E-state index contributed by atoms with van der Waals surface area (Å²) in [6, 6.07) is 12.6. The topological polar surface area (TPSA) is 71.1 Å². The largest absolute Gasteiger partial charge is 0.454 e. The molecule has 0 radical (unpaired) electrons. The van der Waals surface area contributed by atoms with Crippen LogP contribution in [0.15, 0.2) is 42.5 Å². The fourth-order valence-electron chi connectivity index (χ4n) is 3.14. The Labute approximate surface area is 161 Å². The molecule has 2 amide bonds. The van der Waals surface area contributed by atoms with E-state index >= 15 is 0 Å². The molecule has 1 N–H and O–H groups in total.